The predicted molar refractivity (Wildman–Crippen MR) is 154 cm³/mol. The second-order valence-corrected chi connectivity index (χ2v) is 10.8. The molecule has 0 saturated carbocycles. The van der Waals surface area contributed by atoms with Crippen molar-refractivity contribution in [3.8, 4) is 11.1 Å². The molecule has 1 saturated heterocycles. The molecule has 8 heteroatoms. The molecule has 196 valence electrons. The van der Waals surface area contributed by atoms with Crippen molar-refractivity contribution in [2.45, 2.75) is 38.8 Å². The van der Waals surface area contributed by atoms with Crippen LogP contribution < -0.4 is 10.6 Å². The number of carbonyl (C=O) groups is 1. The second-order valence-electron chi connectivity index (χ2n) is 10.8. The van der Waals surface area contributed by atoms with Crippen molar-refractivity contribution in [3.63, 3.8) is 0 Å². The number of nitrogens with two attached hydrogens (primary N) is 1. The van der Waals surface area contributed by atoms with Gasteiger partial charge in [-0.2, -0.15) is 5.10 Å². The molecule has 4 heterocycles. The Bertz CT molecular complexity index is 1720. The number of piperidine rings is 1. The molecular formula is C31H31N7O. The molecular weight excluding hydrogens is 486 g/mol. The van der Waals surface area contributed by atoms with Gasteiger partial charge in [0.2, 0.25) is 0 Å². The number of nitrogens with zero attached hydrogens (tertiary/aromatic N) is 5. The van der Waals surface area contributed by atoms with E-state index in [1.807, 2.05) is 17.2 Å². The van der Waals surface area contributed by atoms with Gasteiger partial charge in [0.05, 0.1) is 17.2 Å². The number of rotatable bonds is 3. The summed E-state index contributed by atoms with van der Waals surface area (Å²) in [6, 6.07) is 17.1. The zero-order valence-electron chi connectivity index (χ0n) is 22.0. The van der Waals surface area contributed by atoms with Gasteiger partial charge >= 0.3 is 0 Å². The number of likely N-dealkylation sites (tertiary alicyclic amines) is 1. The highest BCUT2D eigenvalue weighted by atomic mass is 16.2. The maximum atomic E-state index is 13.2. The average molecular weight is 518 g/mol. The monoisotopic (exact) mass is 517 g/mol. The topological polar surface area (TPSA) is 104 Å². The minimum Gasteiger partial charge on any atom is -0.351 e. The SMILES string of the molecule is Cc1cc(-c2ccc3cn[nH]c3c2)cc2c(N3CCc4ccc(C(=O)N5CCC(N)CC5)cc4C3)ncnc12. The van der Waals surface area contributed by atoms with Gasteiger partial charge in [0.15, 0.2) is 0 Å². The van der Waals surface area contributed by atoms with Crippen molar-refractivity contribution in [2.75, 3.05) is 24.5 Å². The van der Waals surface area contributed by atoms with Crippen molar-refractivity contribution >= 4 is 33.5 Å². The van der Waals surface area contributed by atoms with Crippen LogP contribution in [0.3, 0.4) is 0 Å². The van der Waals surface area contributed by atoms with Crippen molar-refractivity contribution in [1.29, 1.82) is 0 Å². The van der Waals surface area contributed by atoms with E-state index in [0.717, 1.165) is 88.8 Å². The molecule has 8 nitrogen and oxygen atoms in total. The van der Waals surface area contributed by atoms with E-state index in [1.165, 1.54) is 11.1 Å². The highest BCUT2D eigenvalue weighted by molar-refractivity contribution is 5.96. The summed E-state index contributed by atoms with van der Waals surface area (Å²) < 4.78 is 0. The number of benzene rings is 3. The molecule has 0 spiro atoms. The van der Waals surface area contributed by atoms with Gasteiger partial charge in [-0.3, -0.25) is 9.89 Å². The lowest BCUT2D eigenvalue weighted by atomic mass is 9.95. The molecule has 0 bridgehead atoms. The Morgan fingerprint density at radius 1 is 0.974 bits per heavy atom. The molecule has 1 amide bonds. The van der Waals surface area contributed by atoms with Crippen LogP contribution in [0.4, 0.5) is 5.82 Å². The average Bonchev–Trinajstić information content (AvgIpc) is 3.44. The summed E-state index contributed by atoms with van der Waals surface area (Å²) in [6.45, 7) is 5.13. The molecule has 3 N–H and O–H groups in total. The minimum atomic E-state index is 0.101. The number of hydrogen-bond acceptors (Lipinski definition) is 6. The van der Waals surface area contributed by atoms with E-state index in [1.54, 1.807) is 6.33 Å². The maximum Gasteiger partial charge on any atom is 0.253 e. The fraction of sp³-hybridized carbons (Fsp3) is 0.290. The number of amides is 1. The summed E-state index contributed by atoms with van der Waals surface area (Å²) in [5, 5.41) is 9.37. The number of fused-ring (bicyclic) bond motifs is 3. The van der Waals surface area contributed by atoms with Gasteiger partial charge in [-0.05, 0) is 84.3 Å². The summed E-state index contributed by atoms with van der Waals surface area (Å²) in [7, 11) is 0. The summed E-state index contributed by atoms with van der Waals surface area (Å²) in [5.74, 6) is 1.03. The Morgan fingerprint density at radius 3 is 2.72 bits per heavy atom. The maximum absolute atomic E-state index is 13.2. The van der Waals surface area contributed by atoms with Gasteiger partial charge in [0, 0.05) is 48.6 Å². The molecule has 2 aliphatic heterocycles. The van der Waals surface area contributed by atoms with Gasteiger partial charge in [0.25, 0.3) is 5.91 Å². The standard InChI is InChI=1S/C31H31N7O/c1-19-12-24(21-3-5-23-16-35-36-28(23)15-21)14-27-29(19)33-18-34-30(27)38-9-6-20-2-4-22(13-25(20)17-38)31(39)37-10-7-26(32)8-11-37/h2-5,12-16,18,26H,6-11,17,32H2,1H3,(H,35,36). The van der Waals surface area contributed by atoms with Crippen LogP contribution in [0.1, 0.15) is 39.9 Å². The fourth-order valence-electron chi connectivity index (χ4n) is 6.02. The highest BCUT2D eigenvalue weighted by Crippen LogP contribution is 2.34. The molecule has 2 aromatic heterocycles. The number of H-pyrrole nitrogens is 1. The third-order valence-electron chi connectivity index (χ3n) is 8.28. The Balaban J connectivity index is 1.22. The molecule has 39 heavy (non-hydrogen) atoms. The van der Waals surface area contributed by atoms with Crippen LogP contribution >= 0.6 is 0 Å². The molecule has 1 fully saturated rings. The smallest absolute Gasteiger partial charge is 0.253 e. The molecule has 2 aliphatic rings. The number of aromatic amines is 1. The van der Waals surface area contributed by atoms with E-state index >= 15 is 0 Å². The first-order valence-corrected chi connectivity index (χ1v) is 13.6. The van der Waals surface area contributed by atoms with Gasteiger partial charge in [-0.25, -0.2) is 9.97 Å². The van der Waals surface area contributed by atoms with Crippen LogP contribution in [0.2, 0.25) is 0 Å². The molecule has 0 aliphatic carbocycles. The Hall–Kier alpha value is -4.30. The lowest BCUT2D eigenvalue weighted by molar-refractivity contribution is 0.0714. The van der Waals surface area contributed by atoms with E-state index < -0.39 is 0 Å². The van der Waals surface area contributed by atoms with Crippen LogP contribution in [0.15, 0.2) is 61.1 Å². The molecule has 3 aromatic carbocycles. The van der Waals surface area contributed by atoms with Gasteiger partial charge < -0.3 is 15.5 Å². The number of aryl methyl sites for hydroxylation is 1. The summed E-state index contributed by atoms with van der Waals surface area (Å²) in [5.41, 5.74) is 14.6. The summed E-state index contributed by atoms with van der Waals surface area (Å²) in [4.78, 5) is 26.9. The highest BCUT2D eigenvalue weighted by Gasteiger charge is 2.25. The fourth-order valence-corrected chi connectivity index (χ4v) is 6.02. The normalized spacial score (nSPS) is 16.2. The summed E-state index contributed by atoms with van der Waals surface area (Å²) in [6.07, 6.45) is 6.14. The second kappa shape index (κ2) is 9.47. The number of nitrogens with one attached hydrogen (secondary N) is 1. The van der Waals surface area contributed by atoms with E-state index in [2.05, 4.69) is 69.5 Å². The van der Waals surface area contributed by atoms with Crippen LogP contribution in [0.25, 0.3) is 32.9 Å². The predicted octanol–water partition coefficient (Wildman–Crippen LogP) is 4.61. The van der Waals surface area contributed by atoms with Crippen LogP contribution in [0.5, 0.6) is 0 Å². The Labute approximate surface area is 226 Å². The molecule has 5 aromatic rings. The lowest BCUT2D eigenvalue weighted by Gasteiger charge is -2.32. The van der Waals surface area contributed by atoms with E-state index in [-0.39, 0.29) is 11.9 Å². The molecule has 0 radical (unpaired) electrons. The van der Waals surface area contributed by atoms with Crippen molar-refractivity contribution < 1.29 is 4.79 Å². The largest absolute Gasteiger partial charge is 0.351 e. The molecule has 0 unspecified atom stereocenters. The third-order valence-corrected chi connectivity index (χ3v) is 8.28. The van der Waals surface area contributed by atoms with E-state index in [0.29, 0.717) is 6.54 Å². The summed E-state index contributed by atoms with van der Waals surface area (Å²) >= 11 is 0. The quantitative estimate of drug-likeness (QED) is 0.362. The molecule has 0 atom stereocenters. The van der Waals surface area contributed by atoms with Crippen LogP contribution in [-0.2, 0) is 13.0 Å². The van der Waals surface area contributed by atoms with Crippen molar-refractivity contribution in [3.05, 3.63) is 83.3 Å². The van der Waals surface area contributed by atoms with Gasteiger partial charge in [-0.1, -0.05) is 18.2 Å². The van der Waals surface area contributed by atoms with Crippen LogP contribution in [0, 0.1) is 6.92 Å². The van der Waals surface area contributed by atoms with Gasteiger partial charge in [-0.15, -0.1) is 0 Å². The minimum absolute atomic E-state index is 0.101. The number of aromatic nitrogens is 4. The van der Waals surface area contributed by atoms with E-state index in [9.17, 15) is 4.79 Å². The third kappa shape index (κ3) is 4.30. The molecule has 7 rings (SSSR count). The van der Waals surface area contributed by atoms with Crippen LogP contribution in [-0.4, -0.2) is 56.6 Å². The van der Waals surface area contributed by atoms with Crippen molar-refractivity contribution in [2.24, 2.45) is 5.73 Å². The first-order chi connectivity index (χ1) is 19.0. The lowest BCUT2D eigenvalue weighted by Crippen LogP contribution is -2.43. The number of hydrogen-bond donors (Lipinski definition) is 2. The Kier molecular flexibility index (Phi) is 5.77. The van der Waals surface area contributed by atoms with Crippen molar-refractivity contribution in [1.82, 2.24) is 25.1 Å². The number of carbonyl (C=O) groups excluding carboxylic acids is 1. The van der Waals surface area contributed by atoms with Gasteiger partial charge in [0.1, 0.15) is 12.1 Å². The first-order valence-electron chi connectivity index (χ1n) is 13.6. The zero-order chi connectivity index (χ0) is 26.5. The van der Waals surface area contributed by atoms with E-state index in [4.69, 9.17) is 10.7 Å². The number of anilines is 1. The Morgan fingerprint density at radius 2 is 1.85 bits per heavy atom. The first kappa shape index (κ1) is 23.8. The zero-order valence-corrected chi connectivity index (χ0v) is 22.0.